The number of ketones is 1. The molecule has 0 aromatic heterocycles. The van der Waals surface area contributed by atoms with E-state index in [1.807, 2.05) is 24.3 Å². The average molecular weight is 232 g/mol. The Balaban J connectivity index is 1.82. The lowest BCUT2D eigenvalue weighted by atomic mass is 9.96. The van der Waals surface area contributed by atoms with Crippen LogP contribution in [0.15, 0.2) is 24.3 Å². The van der Waals surface area contributed by atoms with Crippen molar-refractivity contribution in [2.24, 2.45) is 11.8 Å². The van der Waals surface area contributed by atoms with E-state index in [1.54, 1.807) is 7.11 Å². The van der Waals surface area contributed by atoms with E-state index in [9.17, 15) is 4.79 Å². The van der Waals surface area contributed by atoms with Crippen LogP contribution in [0.3, 0.4) is 0 Å². The van der Waals surface area contributed by atoms with Gasteiger partial charge in [0.15, 0.2) is 0 Å². The molecule has 1 aromatic carbocycles. The lowest BCUT2D eigenvalue weighted by Crippen LogP contribution is -2.13. The van der Waals surface area contributed by atoms with Crippen LogP contribution in [0.1, 0.15) is 31.7 Å². The van der Waals surface area contributed by atoms with Gasteiger partial charge < -0.3 is 4.74 Å². The van der Waals surface area contributed by atoms with Gasteiger partial charge >= 0.3 is 0 Å². The van der Waals surface area contributed by atoms with Gasteiger partial charge in [-0.25, -0.2) is 0 Å². The van der Waals surface area contributed by atoms with Crippen LogP contribution in [0.2, 0.25) is 0 Å². The fourth-order valence-electron chi connectivity index (χ4n) is 2.15. The van der Waals surface area contributed by atoms with E-state index in [1.165, 1.54) is 18.4 Å². The summed E-state index contributed by atoms with van der Waals surface area (Å²) in [5.74, 6) is 2.24. The molecule has 1 fully saturated rings. The lowest BCUT2D eigenvalue weighted by molar-refractivity contribution is -0.122. The molecule has 2 heteroatoms. The highest BCUT2D eigenvalue weighted by Crippen LogP contribution is 2.37. The zero-order valence-electron chi connectivity index (χ0n) is 10.6. The summed E-state index contributed by atoms with van der Waals surface area (Å²) in [6.07, 6.45) is 4.01. The first-order valence-corrected chi connectivity index (χ1v) is 6.36. The SMILES string of the molecule is COc1ccc(CCC(=O)C(C)C2CC2)cc1. The molecule has 17 heavy (non-hydrogen) atoms. The Kier molecular flexibility index (Phi) is 3.82. The maximum atomic E-state index is 11.9. The highest BCUT2D eigenvalue weighted by Gasteiger charge is 2.31. The molecule has 0 aliphatic heterocycles. The van der Waals surface area contributed by atoms with Crippen molar-refractivity contribution in [2.45, 2.75) is 32.6 Å². The lowest BCUT2D eigenvalue weighted by Gasteiger charge is -2.08. The minimum Gasteiger partial charge on any atom is -0.497 e. The van der Waals surface area contributed by atoms with Crippen molar-refractivity contribution < 1.29 is 9.53 Å². The van der Waals surface area contributed by atoms with E-state index >= 15 is 0 Å². The molecule has 1 aliphatic rings. The third-order valence-corrected chi connectivity index (χ3v) is 3.66. The highest BCUT2D eigenvalue weighted by molar-refractivity contribution is 5.81. The first-order valence-electron chi connectivity index (χ1n) is 6.36. The van der Waals surface area contributed by atoms with Crippen LogP contribution < -0.4 is 4.74 Å². The number of Topliss-reactive ketones (excluding diaryl/α,β-unsaturated/α-hetero) is 1. The standard InChI is InChI=1S/C15H20O2/c1-11(13-6-7-13)15(16)10-5-12-3-8-14(17-2)9-4-12/h3-4,8-9,11,13H,5-7,10H2,1-2H3. The number of hydrogen-bond acceptors (Lipinski definition) is 2. The second kappa shape index (κ2) is 5.35. The van der Waals surface area contributed by atoms with Crippen molar-refractivity contribution in [2.75, 3.05) is 7.11 Å². The Hall–Kier alpha value is -1.31. The van der Waals surface area contributed by atoms with E-state index in [0.29, 0.717) is 18.1 Å². The fourth-order valence-corrected chi connectivity index (χ4v) is 2.15. The maximum Gasteiger partial charge on any atom is 0.136 e. The van der Waals surface area contributed by atoms with E-state index < -0.39 is 0 Å². The number of benzene rings is 1. The molecular weight excluding hydrogens is 212 g/mol. The number of methoxy groups -OCH3 is 1. The third-order valence-electron chi connectivity index (χ3n) is 3.66. The van der Waals surface area contributed by atoms with Crippen LogP contribution in [0, 0.1) is 11.8 Å². The molecule has 92 valence electrons. The first kappa shape index (κ1) is 12.2. The van der Waals surface area contributed by atoms with Crippen molar-refractivity contribution >= 4 is 5.78 Å². The van der Waals surface area contributed by atoms with Gasteiger partial charge in [0.2, 0.25) is 0 Å². The number of rotatable bonds is 6. The molecule has 1 saturated carbocycles. The summed E-state index contributed by atoms with van der Waals surface area (Å²) in [6.45, 7) is 2.08. The molecule has 0 bridgehead atoms. The molecule has 0 spiro atoms. The number of aryl methyl sites for hydroxylation is 1. The largest absolute Gasteiger partial charge is 0.497 e. The average Bonchev–Trinajstić information content (AvgIpc) is 3.20. The van der Waals surface area contributed by atoms with Gasteiger partial charge in [0, 0.05) is 12.3 Å². The summed E-state index contributed by atoms with van der Waals surface area (Å²) in [7, 11) is 1.66. The zero-order valence-corrected chi connectivity index (χ0v) is 10.6. The molecule has 1 unspecified atom stereocenters. The summed E-state index contributed by atoms with van der Waals surface area (Å²) in [5.41, 5.74) is 1.21. The second-order valence-corrected chi connectivity index (χ2v) is 4.94. The number of carbonyl (C=O) groups is 1. The van der Waals surface area contributed by atoms with E-state index in [2.05, 4.69) is 6.92 Å². The quantitative estimate of drug-likeness (QED) is 0.752. The van der Waals surface area contributed by atoms with Crippen molar-refractivity contribution in [3.63, 3.8) is 0 Å². The van der Waals surface area contributed by atoms with E-state index in [0.717, 1.165) is 12.2 Å². The Morgan fingerprint density at radius 1 is 1.35 bits per heavy atom. The Morgan fingerprint density at radius 2 is 2.00 bits per heavy atom. The van der Waals surface area contributed by atoms with E-state index in [4.69, 9.17) is 4.74 Å². The van der Waals surface area contributed by atoms with Gasteiger partial charge in [-0.2, -0.15) is 0 Å². The number of hydrogen-bond donors (Lipinski definition) is 0. The number of ether oxygens (including phenoxy) is 1. The summed E-state index contributed by atoms with van der Waals surface area (Å²) in [6, 6.07) is 7.97. The molecule has 2 nitrogen and oxygen atoms in total. The van der Waals surface area contributed by atoms with Crippen molar-refractivity contribution in [1.82, 2.24) is 0 Å². The predicted octanol–water partition coefficient (Wildman–Crippen LogP) is 3.24. The molecular formula is C15H20O2. The van der Waals surface area contributed by atoms with Crippen LogP contribution in [-0.2, 0) is 11.2 Å². The molecule has 1 aliphatic carbocycles. The highest BCUT2D eigenvalue weighted by atomic mass is 16.5. The van der Waals surface area contributed by atoms with Gasteiger partial charge in [0.05, 0.1) is 7.11 Å². The summed E-state index contributed by atoms with van der Waals surface area (Å²) < 4.78 is 5.11. The topological polar surface area (TPSA) is 26.3 Å². The van der Waals surface area contributed by atoms with Crippen LogP contribution in [0.4, 0.5) is 0 Å². The summed E-state index contributed by atoms with van der Waals surface area (Å²) in [5, 5.41) is 0. The molecule has 1 atom stereocenters. The van der Waals surface area contributed by atoms with Crippen molar-refractivity contribution in [3.05, 3.63) is 29.8 Å². The van der Waals surface area contributed by atoms with Crippen LogP contribution in [-0.4, -0.2) is 12.9 Å². The molecule has 2 rings (SSSR count). The van der Waals surface area contributed by atoms with Gasteiger partial charge in [0.25, 0.3) is 0 Å². The molecule has 0 saturated heterocycles. The monoisotopic (exact) mass is 232 g/mol. The number of carbonyl (C=O) groups excluding carboxylic acids is 1. The maximum absolute atomic E-state index is 11.9. The molecule has 0 amide bonds. The third kappa shape index (κ3) is 3.32. The Labute approximate surface area is 103 Å². The zero-order chi connectivity index (χ0) is 12.3. The fraction of sp³-hybridized carbons (Fsp3) is 0.533. The summed E-state index contributed by atoms with van der Waals surface area (Å²) >= 11 is 0. The molecule has 0 radical (unpaired) electrons. The van der Waals surface area contributed by atoms with Gasteiger partial charge in [-0.15, -0.1) is 0 Å². The molecule has 0 heterocycles. The predicted molar refractivity (Wildman–Crippen MR) is 68.2 cm³/mol. The molecule has 0 N–H and O–H groups in total. The van der Waals surface area contributed by atoms with Gasteiger partial charge in [0.1, 0.15) is 11.5 Å². The van der Waals surface area contributed by atoms with Crippen molar-refractivity contribution in [3.8, 4) is 5.75 Å². The second-order valence-electron chi connectivity index (χ2n) is 4.94. The van der Waals surface area contributed by atoms with Crippen LogP contribution in [0.5, 0.6) is 5.75 Å². The smallest absolute Gasteiger partial charge is 0.136 e. The Bertz CT molecular complexity index is 376. The molecule has 1 aromatic rings. The minimum absolute atomic E-state index is 0.272. The normalized spacial score (nSPS) is 16.6. The Morgan fingerprint density at radius 3 is 2.53 bits per heavy atom. The van der Waals surface area contributed by atoms with Crippen LogP contribution in [0.25, 0.3) is 0 Å². The summed E-state index contributed by atoms with van der Waals surface area (Å²) in [4.78, 5) is 11.9. The van der Waals surface area contributed by atoms with Gasteiger partial charge in [-0.3, -0.25) is 4.79 Å². The van der Waals surface area contributed by atoms with Gasteiger partial charge in [-0.05, 0) is 42.9 Å². The van der Waals surface area contributed by atoms with E-state index in [-0.39, 0.29) is 5.92 Å². The van der Waals surface area contributed by atoms with Crippen molar-refractivity contribution in [1.29, 1.82) is 0 Å². The first-order chi connectivity index (χ1) is 8.20. The minimum atomic E-state index is 0.272. The van der Waals surface area contributed by atoms with Crippen LogP contribution >= 0.6 is 0 Å². The van der Waals surface area contributed by atoms with Gasteiger partial charge in [-0.1, -0.05) is 19.1 Å².